The zero-order valence-corrected chi connectivity index (χ0v) is 14.1. The van der Waals surface area contributed by atoms with Crippen molar-refractivity contribution in [3.8, 4) is 0 Å². The van der Waals surface area contributed by atoms with E-state index in [4.69, 9.17) is 0 Å². The van der Waals surface area contributed by atoms with Crippen LogP contribution in [0.3, 0.4) is 0 Å². The van der Waals surface area contributed by atoms with Gasteiger partial charge in [0.15, 0.2) is 9.84 Å². The summed E-state index contributed by atoms with van der Waals surface area (Å²) in [5, 5.41) is 7.91. The van der Waals surface area contributed by atoms with E-state index in [9.17, 15) is 8.42 Å². The van der Waals surface area contributed by atoms with Crippen molar-refractivity contribution in [1.82, 2.24) is 9.78 Å². The minimum absolute atomic E-state index is 0.155. The Morgan fingerprint density at radius 2 is 2.10 bits per heavy atom. The molecule has 1 aromatic heterocycles. The number of aromatic nitrogens is 2. The van der Waals surface area contributed by atoms with Crippen LogP contribution in [-0.4, -0.2) is 35.7 Å². The first-order chi connectivity index (χ1) is 9.89. The first-order valence-electron chi connectivity index (χ1n) is 7.90. The molecule has 3 atom stereocenters. The molecular weight excluding hydrogens is 286 g/mol. The van der Waals surface area contributed by atoms with Crippen LogP contribution < -0.4 is 5.32 Å². The Hall–Kier alpha value is -1.04. The highest BCUT2D eigenvalue weighted by atomic mass is 32.2. The second-order valence-corrected chi connectivity index (χ2v) is 8.78. The minimum Gasteiger partial charge on any atom is -0.366 e. The van der Waals surface area contributed by atoms with Crippen LogP contribution in [0.4, 0.5) is 5.82 Å². The van der Waals surface area contributed by atoms with Crippen molar-refractivity contribution in [1.29, 1.82) is 0 Å². The third-order valence-corrected chi connectivity index (χ3v) is 6.35. The summed E-state index contributed by atoms with van der Waals surface area (Å²) in [5.41, 5.74) is 0. The zero-order valence-electron chi connectivity index (χ0n) is 13.2. The lowest BCUT2D eigenvalue weighted by Gasteiger charge is -2.32. The molecule has 6 heteroatoms. The van der Waals surface area contributed by atoms with E-state index in [1.165, 1.54) is 19.3 Å². The smallest absolute Gasteiger partial charge is 0.151 e. The average molecular weight is 313 g/mol. The van der Waals surface area contributed by atoms with Gasteiger partial charge in [-0.05, 0) is 31.1 Å². The fourth-order valence-corrected chi connectivity index (χ4v) is 3.58. The van der Waals surface area contributed by atoms with E-state index in [2.05, 4.69) is 24.3 Å². The predicted molar refractivity (Wildman–Crippen MR) is 86.1 cm³/mol. The van der Waals surface area contributed by atoms with E-state index < -0.39 is 9.84 Å². The van der Waals surface area contributed by atoms with E-state index in [0.29, 0.717) is 12.6 Å². The lowest BCUT2D eigenvalue weighted by molar-refractivity contribution is 0.260. The maximum absolute atomic E-state index is 11.5. The molecular formula is C15H27N3O2S. The van der Waals surface area contributed by atoms with Gasteiger partial charge in [0.05, 0.1) is 12.3 Å². The molecule has 1 aromatic rings. The van der Waals surface area contributed by atoms with Crippen LogP contribution in [0, 0.1) is 11.8 Å². The predicted octanol–water partition coefficient (Wildman–Crippen LogP) is 2.55. The minimum atomic E-state index is -2.93. The molecule has 0 saturated heterocycles. The highest BCUT2D eigenvalue weighted by molar-refractivity contribution is 7.91. The van der Waals surface area contributed by atoms with E-state index in [0.717, 1.165) is 17.7 Å². The SMILES string of the molecule is CCS(=O)(=O)CCn1ccc(N[C@@H]2CC[C@@H](C)[C@@H](C)C2)n1. The fraction of sp³-hybridized carbons (Fsp3) is 0.800. The van der Waals surface area contributed by atoms with Crippen LogP contribution in [0.2, 0.25) is 0 Å². The molecule has 1 aliphatic rings. The summed E-state index contributed by atoms with van der Waals surface area (Å²) in [5.74, 6) is 2.75. The Bertz CT molecular complexity index is 553. The molecule has 1 fully saturated rings. The van der Waals surface area contributed by atoms with Crippen molar-refractivity contribution >= 4 is 15.7 Å². The third-order valence-electron chi connectivity index (χ3n) is 4.66. The Balaban J connectivity index is 1.86. The molecule has 5 nitrogen and oxygen atoms in total. The largest absolute Gasteiger partial charge is 0.366 e. The quantitative estimate of drug-likeness (QED) is 0.876. The van der Waals surface area contributed by atoms with E-state index in [1.54, 1.807) is 11.6 Å². The maximum Gasteiger partial charge on any atom is 0.151 e. The van der Waals surface area contributed by atoms with Crippen LogP contribution in [0.1, 0.15) is 40.0 Å². The van der Waals surface area contributed by atoms with Gasteiger partial charge in [-0.3, -0.25) is 4.68 Å². The van der Waals surface area contributed by atoms with Crippen LogP contribution >= 0.6 is 0 Å². The van der Waals surface area contributed by atoms with E-state index >= 15 is 0 Å². The number of anilines is 1. The lowest BCUT2D eigenvalue weighted by atomic mass is 9.79. The van der Waals surface area contributed by atoms with Gasteiger partial charge in [0.1, 0.15) is 5.82 Å². The van der Waals surface area contributed by atoms with Crippen LogP contribution in [-0.2, 0) is 16.4 Å². The Morgan fingerprint density at radius 1 is 1.33 bits per heavy atom. The number of nitrogens with one attached hydrogen (secondary N) is 1. The highest BCUT2D eigenvalue weighted by Crippen LogP contribution is 2.30. The van der Waals surface area contributed by atoms with Crippen molar-refractivity contribution in [2.75, 3.05) is 16.8 Å². The van der Waals surface area contributed by atoms with Crippen molar-refractivity contribution in [3.05, 3.63) is 12.3 Å². The number of rotatable bonds is 6. The average Bonchev–Trinajstić information content (AvgIpc) is 2.89. The van der Waals surface area contributed by atoms with E-state index in [-0.39, 0.29) is 11.5 Å². The topological polar surface area (TPSA) is 64.0 Å². The second kappa shape index (κ2) is 6.81. The Morgan fingerprint density at radius 3 is 2.76 bits per heavy atom. The van der Waals surface area contributed by atoms with Crippen LogP contribution in [0.25, 0.3) is 0 Å². The van der Waals surface area contributed by atoms with Gasteiger partial charge in [0, 0.05) is 24.1 Å². The summed E-state index contributed by atoms with van der Waals surface area (Å²) in [6.45, 7) is 6.74. The standard InChI is InChI=1S/C15H27N3O2S/c1-4-21(19,20)10-9-18-8-7-15(17-18)16-14-6-5-12(2)13(3)11-14/h7-8,12-14H,4-6,9-11H2,1-3H3,(H,16,17)/t12-,13+,14-/m1/s1. The van der Waals surface area contributed by atoms with Gasteiger partial charge in [-0.2, -0.15) is 5.10 Å². The van der Waals surface area contributed by atoms with Gasteiger partial charge in [-0.15, -0.1) is 0 Å². The molecule has 0 spiro atoms. The summed E-state index contributed by atoms with van der Waals surface area (Å²) < 4.78 is 24.7. The molecule has 1 aliphatic carbocycles. The first-order valence-corrected chi connectivity index (χ1v) is 9.72. The molecule has 0 amide bonds. The van der Waals surface area contributed by atoms with Gasteiger partial charge >= 0.3 is 0 Å². The van der Waals surface area contributed by atoms with Gasteiger partial charge < -0.3 is 5.32 Å². The molecule has 2 rings (SSSR count). The van der Waals surface area contributed by atoms with Crippen molar-refractivity contribution in [3.63, 3.8) is 0 Å². The maximum atomic E-state index is 11.5. The molecule has 21 heavy (non-hydrogen) atoms. The highest BCUT2D eigenvalue weighted by Gasteiger charge is 2.24. The molecule has 120 valence electrons. The second-order valence-electron chi connectivity index (χ2n) is 6.31. The number of aryl methyl sites for hydroxylation is 1. The molecule has 0 unspecified atom stereocenters. The van der Waals surface area contributed by atoms with Crippen molar-refractivity contribution in [2.45, 2.75) is 52.6 Å². The molecule has 0 radical (unpaired) electrons. The molecule has 0 aromatic carbocycles. The molecule has 1 heterocycles. The van der Waals surface area contributed by atoms with E-state index in [1.807, 2.05) is 12.3 Å². The summed E-state index contributed by atoms with van der Waals surface area (Å²) in [6.07, 6.45) is 5.47. The van der Waals surface area contributed by atoms with Gasteiger partial charge in [-0.25, -0.2) is 8.42 Å². The number of hydrogen-bond donors (Lipinski definition) is 1. The number of sulfone groups is 1. The molecule has 0 aliphatic heterocycles. The fourth-order valence-electron chi connectivity index (χ4n) is 2.83. The monoisotopic (exact) mass is 313 g/mol. The van der Waals surface area contributed by atoms with Gasteiger partial charge in [-0.1, -0.05) is 20.8 Å². The summed E-state index contributed by atoms with van der Waals surface area (Å²) in [7, 11) is -2.93. The summed E-state index contributed by atoms with van der Waals surface area (Å²) >= 11 is 0. The summed E-state index contributed by atoms with van der Waals surface area (Å²) in [6, 6.07) is 2.42. The normalized spacial score (nSPS) is 26.7. The van der Waals surface area contributed by atoms with Crippen LogP contribution in [0.15, 0.2) is 12.3 Å². The molecule has 1 saturated carbocycles. The van der Waals surface area contributed by atoms with Crippen molar-refractivity contribution < 1.29 is 8.42 Å². The number of hydrogen-bond acceptors (Lipinski definition) is 4. The lowest BCUT2D eigenvalue weighted by Crippen LogP contribution is -2.30. The van der Waals surface area contributed by atoms with Gasteiger partial charge in [0.2, 0.25) is 0 Å². The first kappa shape index (κ1) is 16.3. The Labute approximate surface area is 128 Å². The Kier molecular flexibility index (Phi) is 5.30. The van der Waals surface area contributed by atoms with Crippen molar-refractivity contribution in [2.24, 2.45) is 11.8 Å². The summed E-state index contributed by atoms with van der Waals surface area (Å²) in [4.78, 5) is 0. The molecule has 0 bridgehead atoms. The van der Waals surface area contributed by atoms with Gasteiger partial charge in [0.25, 0.3) is 0 Å². The zero-order chi connectivity index (χ0) is 15.5. The third kappa shape index (κ3) is 4.73. The van der Waals surface area contributed by atoms with Crippen LogP contribution in [0.5, 0.6) is 0 Å². The number of nitrogens with zero attached hydrogens (tertiary/aromatic N) is 2. The molecule has 1 N–H and O–H groups in total.